The summed E-state index contributed by atoms with van der Waals surface area (Å²) >= 11 is 0. The van der Waals surface area contributed by atoms with E-state index < -0.39 is 0 Å². The largest absolute Gasteiger partial charge is 0.508 e. The molecule has 0 radical (unpaired) electrons. The fraction of sp³-hybridized carbons (Fsp3) is 0.632. The monoisotopic (exact) mass is 351 g/mol. The number of guanidine groups is 1. The van der Waals surface area contributed by atoms with Crippen molar-refractivity contribution in [1.29, 1.82) is 0 Å². The van der Waals surface area contributed by atoms with Gasteiger partial charge in [0, 0.05) is 25.3 Å². The highest BCUT2D eigenvalue weighted by atomic mass is 16.5. The first-order valence-corrected chi connectivity index (χ1v) is 9.03. The first kappa shape index (κ1) is 21.1. The van der Waals surface area contributed by atoms with Crippen LogP contribution in [0.25, 0.3) is 0 Å². The van der Waals surface area contributed by atoms with E-state index in [1.807, 2.05) is 6.92 Å². The molecule has 6 heteroatoms. The van der Waals surface area contributed by atoms with E-state index in [0.717, 1.165) is 32.4 Å². The van der Waals surface area contributed by atoms with Gasteiger partial charge in [0.25, 0.3) is 0 Å². The second-order valence-electron chi connectivity index (χ2n) is 6.22. The maximum absolute atomic E-state index is 9.99. The van der Waals surface area contributed by atoms with Crippen molar-refractivity contribution in [2.75, 3.05) is 26.8 Å². The van der Waals surface area contributed by atoms with Crippen molar-refractivity contribution in [2.24, 2.45) is 10.4 Å². The molecule has 1 aromatic carbocycles. The Morgan fingerprint density at radius 3 is 2.48 bits per heavy atom. The van der Waals surface area contributed by atoms with Crippen LogP contribution in [0.3, 0.4) is 0 Å². The summed E-state index contributed by atoms with van der Waals surface area (Å²) in [5, 5.41) is 25.9. The van der Waals surface area contributed by atoms with Crippen molar-refractivity contribution in [3.8, 4) is 11.5 Å². The number of aliphatic hydroxyl groups excluding tert-OH is 1. The summed E-state index contributed by atoms with van der Waals surface area (Å²) in [6.45, 7) is 8.36. The Labute approximate surface area is 151 Å². The van der Waals surface area contributed by atoms with Gasteiger partial charge in [0.2, 0.25) is 0 Å². The first-order chi connectivity index (χ1) is 12.0. The molecule has 25 heavy (non-hydrogen) atoms. The van der Waals surface area contributed by atoms with E-state index in [4.69, 9.17) is 4.74 Å². The Hall–Kier alpha value is -1.95. The second-order valence-corrected chi connectivity index (χ2v) is 6.22. The van der Waals surface area contributed by atoms with E-state index in [0.29, 0.717) is 23.8 Å². The van der Waals surface area contributed by atoms with E-state index in [1.54, 1.807) is 25.3 Å². The molecule has 0 aromatic heterocycles. The molecule has 1 rings (SSSR count). The van der Waals surface area contributed by atoms with Crippen LogP contribution in [0, 0.1) is 5.41 Å². The summed E-state index contributed by atoms with van der Waals surface area (Å²) in [7, 11) is 1.60. The molecule has 0 aliphatic carbocycles. The molecule has 0 aliphatic rings. The van der Waals surface area contributed by atoms with Gasteiger partial charge in [-0.1, -0.05) is 13.8 Å². The van der Waals surface area contributed by atoms with Gasteiger partial charge in [0.1, 0.15) is 11.5 Å². The molecule has 6 nitrogen and oxygen atoms in total. The smallest absolute Gasteiger partial charge is 0.191 e. The van der Waals surface area contributed by atoms with Crippen LogP contribution in [0.4, 0.5) is 0 Å². The molecule has 142 valence electrons. The van der Waals surface area contributed by atoms with Crippen molar-refractivity contribution in [3.05, 3.63) is 23.8 Å². The Morgan fingerprint density at radius 2 is 1.92 bits per heavy atom. The average molecular weight is 351 g/mol. The van der Waals surface area contributed by atoms with Crippen LogP contribution in [-0.4, -0.2) is 43.0 Å². The van der Waals surface area contributed by atoms with E-state index in [1.165, 1.54) is 0 Å². The molecule has 0 heterocycles. The van der Waals surface area contributed by atoms with Gasteiger partial charge in [-0.25, -0.2) is 4.99 Å². The summed E-state index contributed by atoms with van der Waals surface area (Å²) in [4.78, 5) is 4.57. The zero-order valence-electron chi connectivity index (χ0n) is 15.9. The van der Waals surface area contributed by atoms with E-state index in [2.05, 4.69) is 29.5 Å². The third-order valence-electron chi connectivity index (χ3n) is 4.81. The predicted molar refractivity (Wildman–Crippen MR) is 102 cm³/mol. The Bertz CT molecular complexity index is 543. The number of aliphatic imine (C=N–C) groups is 1. The Morgan fingerprint density at radius 1 is 1.20 bits per heavy atom. The minimum absolute atomic E-state index is 0.0586. The Balaban J connectivity index is 2.83. The zero-order chi connectivity index (χ0) is 18.7. The SMILES string of the molecule is CCNC(=NCc1cc(OC)ccc1O)NCC(CC)(CC)CCO. The van der Waals surface area contributed by atoms with Crippen molar-refractivity contribution in [2.45, 2.75) is 46.6 Å². The molecule has 0 amide bonds. The fourth-order valence-corrected chi connectivity index (χ4v) is 2.77. The van der Waals surface area contributed by atoms with Crippen molar-refractivity contribution < 1.29 is 14.9 Å². The summed E-state index contributed by atoms with van der Waals surface area (Å²) in [5.41, 5.74) is 0.771. The summed E-state index contributed by atoms with van der Waals surface area (Å²) < 4.78 is 5.20. The van der Waals surface area contributed by atoms with Gasteiger partial charge in [0.15, 0.2) is 5.96 Å². The molecule has 0 fully saturated rings. The molecular formula is C19H33N3O3. The highest BCUT2D eigenvalue weighted by Crippen LogP contribution is 2.29. The molecule has 0 saturated heterocycles. The van der Waals surface area contributed by atoms with Gasteiger partial charge in [0.05, 0.1) is 13.7 Å². The lowest BCUT2D eigenvalue weighted by atomic mass is 9.79. The number of benzene rings is 1. The fourth-order valence-electron chi connectivity index (χ4n) is 2.77. The van der Waals surface area contributed by atoms with Crippen molar-refractivity contribution >= 4 is 5.96 Å². The van der Waals surface area contributed by atoms with Crippen LogP contribution in [0.15, 0.2) is 23.2 Å². The molecule has 0 bridgehead atoms. The Kier molecular flexibility index (Phi) is 9.13. The second kappa shape index (κ2) is 10.8. The van der Waals surface area contributed by atoms with Crippen molar-refractivity contribution in [1.82, 2.24) is 10.6 Å². The molecule has 1 aromatic rings. The molecule has 0 aliphatic heterocycles. The van der Waals surface area contributed by atoms with E-state index in [9.17, 15) is 10.2 Å². The summed E-state index contributed by atoms with van der Waals surface area (Å²) in [6, 6.07) is 5.12. The van der Waals surface area contributed by atoms with Crippen LogP contribution in [0.2, 0.25) is 0 Å². The lowest BCUT2D eigenvalue weighted by Crippen LogP contribution is -2.43. The lowest BCUT2D eigenvalue weighted by Gasteiger charge is -2.32. The van der Waals surface area contributed by atoms with E-state index in [-0.39, 0.29) is 17.8 Å². The first-order valence-electron chi connectivity index (χ1n) is 9.03. The topological polar surface area (TPSA) is 86.1 Å². The summed E-state index contributed by atoms with van der Waals surface area (Å²) in [6.07, 6.45) is 2.75. The van der Waals surface area contributed by atoms with Crippen LogP contribution in [0.5, 0.6) is 11.5 Å². The maximum atomic E-state index is 9.99. The number of rotatable bonds is 10. The molecule has 4 N–H and O–H groups in total. The lowest BCUT2D eigenvalue weighted by molar-refractivity contribution is 0.169. The average Bonchev–Trinajstić information content (AvgIpc) is 2.64. The summed E-state index contributed by atoms with van der Waals surface area (Å²) in [5.74, 6) is 1.60. The standard InChI is InChI=1S/C19H33N3O3/c1-5-19(6-2,10-11-23)14-22-18(20-7-3)21-13-15-12-16(25-4)8-9-17(15)24/h8-9,12,23-24H,5-7,10-11,13-14H2,1-4H3,(H2,20,21,22). The van der Waals surface area contributed by atoms with Crippen LogP contribution < -0.4 is 15.4 Å². The molecule has 0 atom stereocenters. The molecule has 0 saturated carbocycles. The minimum Gasteiger partial charge on any atom is -0.508 e. The van der Waals surface area contributed by atoms with Crippen LogP contribution >= 0.6 is 0 Å². The van der Waals surface area contributed by atoms with Gasteiger partial charge in [-0.05, 0) is 49.8 Å². The van der Waals surface area contributed by atoms with Gasteiger partial charge >= 0.3 is 0 Å². The zero-order valence-corrected chi connectivity index (χ0v) is 15.9. The predicted octanol–water partition coefficient (Wildman–Crippen LogP) is 2.64. The number of ether oxygens (including phenoxy) is 1. The normalized spacial score (nSPS) is 12.1. The quantitative estimate of drug-likeness (QED) is 0.385. The van der Waals surface area contributed by atoms with Gasteiger partial charge < -0.3 is 25.6 Å². The van der Waals surface area contributed by atoms with Gasteiger partial charge in [-0.3, -0.25) is 0 Å². The third kappa shape index (κ3) is 6.46. The van der Waals surface area contributed by atoms with Crippen molar-refractivity contribution in [3.63, 3.8) is 0 Å². The number of hydrogen-bond donors (Lipinski definition) is 4. The van der Waals surface area contributed by atoms with Crippen LogP contribution in [-0.2, 0) is 6.54 Å². The van der Waals surface area contributed by atoms with Gasteiger partial charge in [-0.15, -0.1) is 0 Å². The number of phenols is 1. The van der Waals surface area contributed by atoms with Gasteiger partial charge in [-0.2, -0.15) is 0 Å². The number of aromatic hydroxyl groups is 1. The molecule has 0 spiro atoms. The number of hydrogen-bond acceptors (Lipinski definition) is 4. The number of aliphatic hydroxyl groups is 1. The highest BCUT2D eigenvalue weighted by Gasteiger charge is 2.25. The number of methoxy groups -OCH3 is 1. The third-order valence-corrected chi connectivity index (χ3v) is 4.81. The number of nitrogens with zero attached hydrogens (tertiary/aromatic N) is 1. The molecular weight excluding hydrogens is 318 g/mol. The molecule has 0 unspecified atom stereocenters. The highest BCUT2D eigenvalue weighted by molar-refractivity contribution is 5.79. The number of nitrogens with one attached hydrogen (secondary N) is 2. The maximum Gasteiger partial charge on any atom is 0.191 e. The number of phenolic OH excluding ortho intramolecular Hbond substituents is 1. The minimum atomic E-state index is 0.0586. The van der Waals surface area contributed by atoms with E-state index >= 15 is 0 Å². The van der Waals surface area contributed by atoms with Crippen LogP contribution in [0.1, 0.15) is 45.6 Å².